The Morgan fingerprint density at radius 3 is 1.93 bits per heavy atom. The second kappa shape index (κ2) is 13.1. The molecule has 0 unspecified atom stereocenters. The van der Waals surface area contributed by atoms with Crippen molar-refractivity contribution in [2.24, 2.45) is 17.8 Å². The van der Waals surface area contributed by atoms with Crippen LogP contribution in [0.4, 0.5) is 13.2 Å². The van der Waals surface area contributed by atoms with Crippen molar-refractivity contribution >= 4 is 0 Å². The summed E-state index contributed by atoms with van der Waals surface area (Å²) in [4.78, 5) is 0. The van der Waals surface area contributed by atoms with E-state index in [2.05, 4.69) is 25.1 Å². The van der Waals surface area contributed by atoms with Crippen LogP contribution in [0.3, 0.4) is 0 Å². The first-order chi connectivity index (χ1) is 19.5. The molecule has 0 heterocycles. The zero-order valence-electron chi connectivity index (χ0n) is 23.8. The molecule has 3 aromatic rings. The molecule has 2 fully saturated rings. The Morgan fingerprint density at radius 1 is 0.725 bits per heavy atom. The first kappa shape index (κ1) is 28.5. The monoisotopic (exact) mass is 546 g/mol. The molecule has 1 nitrogen and oxygen atoms in total. The molecule has 0 bridgehead atoms. The van der Waals surface area contributed by atoms with Crippen LogP contribution in [-0.4, -0.2) is 6.61 Å². The summed E-state index contributed by atoms with van der Waals surface area (Å²) >= 11 is 0. The largest absolute Gasteiger partial charge is 0.490 e. The fourth-order valence-electron chi connectivity index (χ4n) is 6.93. The summed E-state index contributed by atoms with van der Waals surface area (Å²) in [5, 5.41) is 0. The summed E-state index contributed by atoms with van der Waals surface area (Å²) < 4.78 is 49.8. The lowest BCUT2D eigenvalue weighted by Crippen LogP contribution is -2.25. The predicted octanol–water partition coefficient (Wildman–Crippen LogP) is 10.9. The number of ether oxygens (including phenoxy) is 1. The lowest BCUT2D eigenvalue weighted by atomic mass is 9.68. The van der Waals surface area contributed by atoms with Gasteiger partial charge in [-0.2, -0.15) is 4.39 Å². The van der Waals surface area contributed by atoms with Gasteiger partial charge in [0.05, 0.1) is 6.61 Å². The molecule has 212 valence electrons. The minimum Gasteiger partial charge on any atom is -0.490 e. The van der Waals surface area contributed by atoms with Crippen LogP contribution < -0.4 is 4.74 Å². The summed E-state index contributed by atoms with van der Waals surface area (Å²) in [6, 6.07) is 15.6. The normalized spacial score (nSPS) is 23.4. The second-order valence-corrected chi connectivity index (χ2v) is 11.7. The third-order valence-electron chi connectivity index (χ3n) is 9.20. The van der Waals surface area contributed by atoms with Gasteiger partial charge in [-0.05, 0) is 123 Å². The maximum absolute atomic E-state index is 15.3. The number of halogens is 3. The van der Waals surface area contributed by atoms with Crippen molar-refractivity contribution in [2.45, 2.75) is 77.6 Å². The minimum absolute atomic E-state index is 0.0810. The number of hydrogen-bond acceptors (Lipinski definition) is 1. The SMILES string of the molecule is C/C=C/C1CCC(C2CCC(c3ccc(-c4ccc(-c5ccc(OCCC)c(F)c5F)cc4)c(F)c3)CC2)CC1. The molecule has 2 saturated carbocycles. The van der Waals surface area contributed by atoms with Crippen molar-refractivity contribution in [3.05, 3.63) is 89.8 Å². The van der Waals surface area contributed by atoms with E-state index >= 15 is 4.39 Å². The number of hydrogen-bond donors (Lipinski definition) is 0. The highest BCUT2D eigenvalue weighted by atomic mass is 19.2. The van der Waals surface area contributed by atoms with Crippen molar-refractivity contribution in [1.82, 2.24) is 0 Å². The smallest absolute Gasteiger partial charge is 0.201 e. The Kier molecular flexibility index (Phi) is 9.34. The van der Waals surface area contributed by atoms with Crippen LogP contribution in [0.5, 0.6) is 5.75 Å². The van der Waals surface area contributed by atoms with E-state index in [0.717, 1.165) is 36.2 Å². The Hall–Kier alpha value is -3.01. The van der Waals surface area contributed by atoms with Crippen LogP contribution in [0.25, 0.3) is 22.3 Å². The van der Waals surface area contributed by atoms with Crippen LogP contribution in [-0.2, 0) is 0 Å². The Morgan fingerprint density at radius 2 is 1.32 bits per heavy atom. The van der Waals surface area contributed by atoms with E-state index in [0.29, 0.717) is 35.6 Å². The maximum Gasteiger partial charge on any atom is 0.201 e. The third kappa shape index (κ3) is 6.32. The highest BCUT2D eigenvalue weighted by Gasteiger charge is 2.31. The van der Waals surface area contributed by atoms with Crippen molar-refractivity contribution in [1.29, 1.82) is 0 Å². The molecule has 0 radical (unpaired) electrons. The van der Waals surface area contributed by atoms with Gasteiger partial charge in [0, 0.05) is 11.1 Å². The highest BCUT2D eigenvalue weighted by molar-refractivity contribution is 5.71. The van der Waals surface area contributed by atoms with Crippen molar-refractivity contribution in [3.8, 4) is 28.0 Å². The van der Waals surface area contributed by atoms with E-state index in [4.69, 9.17) is 4.74 Å². The first-order valence-electron chi connectivity index (χ1n) is 15.1. The molecule has 2 aliphatic carbocycles. The van der Waals surface area contributed by atoms with Crippen molar-refractivity contribution in [3.63, 3.8) is 0 Å². The van der Waals surface area contributed by atoms with Gasteiger partial charge in [0.15, 0.2) is 11.6 Å². The number of allylic oxidation sites excluding steroid dienone is 2. The Bertz CT molecular complexity index is 1300. The van der Waals surface area contributed by atoms with Gasteiger partial charge < -0.3 is 4.74 Å². The summed E-state index contributed by atoms with van der Waals surface area (Å²) in [6.07, 6.45) is 15.4. The standard InChI is InChI=1S/C36H41F3O/c1-3-5-24-6-8-25(9-7-24)26-10-12-27(13-11-26)30-18-19-31(33(37)23-30)28-14-16-29(17-15-28)32-20-21-34(40-22-4-2)36(39)35(32)38/h3,5,14-21,23-27H,4,6-13,22H2,1-2H3/b5-3+. The van der Waals surface area contributed by atoms with E-state index in [1.54, 1.807) is 30.3 Å². The Balaban J connectivity index is 1.22. The topological polar surface area (TPSA) is 9.23 Å². The van der Waals surface area contributed by atoms with E-state index < -0.39 is 11.6 Å². The summed E-state index contributed by atoms with van der Waals surface area (Å²) in [5.41, 5.74) is 3.03. The quantitative estimate of drug-likeness (QED) is 0.255. The highest BCUT2D eigenvalue weighted by Crippen LogP contribution is 2.44. The molecule has 0 aliphatic heterocycles. The van der Waals surface area contributed by atoms with Gasteiger partial charge in [0.1, 0.15) is 5.82 Å². The van der Waals surface area contributed by atoms with Crippen LogP contribution in [0.15, 0.2) is 66.7 Å². The van der Waals surface area contributed by atoms with Gasteiger partial charge in [-0.1, -0.05) is 55.5 Å². The fourth-order valence-corrected chi connectivity index (χ4v) is 6.93. The molecule has 0 atom stereocenters. The zero-order valence-corrected chi connectivity index (χ0v) is 23.8. The van der Waals surface area contributed by atoms with E-state index in [-0.39, 0.29) is 17.1 Å². The molecule has 0 amide bonds. The van der Waals surface area contributed by atoms with Crippen LogP contribution in [0.1, 0.15) is 83.1 Å². The average molecular weight is 547 g/mol. The second-order valence-electron chi connectivity index (χ2n) is 11.7. The molecule has 0 N–H and O–H groups in total. The van der Waals surface area contributed by atoms with Crippen LogP contribution >= 0.6 is 0 Å². The third-order valence-corrected chi connectivity index (χ3v) is 9.20. The van der Waals surface area contributed by atoms with Gasteiger partial charge in [-0.25, -0.2) is 8.78 Å². The molecular weight excluding hydrogens is 505 g/mol. The van der Waals surface area contributed by atoms with E-state index in [1.165, 1.54) is 50.7 Å². The molecule has 2 aliphatic rings. The summed E-state index contributed by atoms with van der Waals surface area (Å²) in [7, 11) is 0. The number of rotatable bonds is 8. The first-order valence-corrected chi connectivity index (χ1v) is 15.1. The van der Waals surface area contributed by atoms with Crippen molar-refractivity contribution in [2.75, 3.05) is 6.61 Å². The van der Waals surface area contributed by atoms with Crippen LogP contribution in [0, 0.1) is 35.2 Å². The van der Waals surface area contributed by atoms with Gasteiger partial charge in [-0.3, -0.25) is 0 Å². The van der Waals surface area contributed by atoms with Crippen LogP contribution in [0.2, 0.25) is 0 Å². The zero-order chi connectivity index (χ0) is 28.1. The lowest BCUT2D eigenvalue weighted by Gasteiger charge is -2.37. The van der Waals surface area contributed by atoms with Gasteiger partial charge in [0.2, 0.25) is 5.82 Å². The van der Waals surface area contributed by atoms with E-state index in [9.17, 15) is 8.78 Å². The van der Waals surface area contributed by atoms with Gasteiger partial charge >= 0.3 is 0 Å². The summed E-state index contributed by atoms with van der Waals surface area (Å²) in [5.74, 6) is 0.646. The van der Waals surface area contributed by atoms with Gasteiger partial charge in [0.25, 0.3) is 0 Å². The fraction of sp³-hybridized carbons (Fsp3) is 0.444. The molecular formula is C36H41F3O. The molecule has 4 heteroatoms. The molecule has 5 rings (SSSR count). The molecule has 0 saturated heterocycles. The van der Waals surface area contributed by atoms with E-state index in [1.807, 2.05) is 13.0 Å². The number of benzene rings is 3. The minimum atomic E-state index is -0.984. The molecule has 40 heavy (non-hydrogen) atoms. The Labute approximate surface area is 237 Å². The maximum atomic E-state index is 15.3. The van der Waals surface area contributed by atoms with Crippen molar-refractivity contribution < 1.29 is 17.9 Å². The van der Waals surface area contributed by atoms with Gasteiger partial charge in [-0.15, -0.1) is 0 Å². The average Bonchev–Trinajstić information content (AvgIpc) is 2.99. The summed E-state index contributed by atoms with van der Waals surface area (Å²) in [6.45, 7) is 4.35. The lowest BCUT2D eigenvalue weighted by molar-refractivity contribution is 0.171. The molecule has 3 aromatic carbocycles. The molecule has 0 spiro atoms. The molecule has 0 aromatic heterocycles. The predicted molar refractivity (Wildman–Crippen MR) is 158 cm³/mol.